The number of carbonyl (C=O) groups excluding carboxylic acids is 1. The summed E-state index contributed by atoms with van der Waals surface area (Å²) in [5, 5.41) is 1.32. The van der Waals surface area contributed by atoms with Gasteiger partial charge in [0.05, 0.1) is 19.9 Å². The molecule has 0 aliphatic carbocycles. The highest BCUT2D eigenvalue weighted by Gasteiger charge is 2.23. The fraction of sp³-hybridized carbons (Fsp3) is 0.500. The maximum absolute atomic E-state index is 12.1. The third-order valence-electron chi connectivity index (χ3n) is 8.13. The number of fused-ring (bicyclic) bond motifs is 1. The zero-order valence-electron chi connectivity index (χ0n) is 24.1. The van der Waals surface area contributed by atoms with Crippen molar-refractivity contribution in [3.05, 3.63) is 47.5 Å². The lowest BCUT2D eigenvalue weighted by Gasteiger charge is -2.32. The minimum atomic E-state index is 0.374. The fourth-order valence-electron chi connectivity index (χ4n) is 5.97. The van der Waals surface area contributed by atoms with E-state index in [4.69, 9.17) is 15.9 Å². The number of aromatic nitrogens is 1. The Morgan fingerprint density at radius 2 is 1.77 bits per heavy atom. The number of ketones is 1. The van der Waals surface area contributed by atoms with E-state index < -0.39 is 0 Å². The van der Waals surface area contributed by atoms with Crippen LogP contribution in [0.2, 0.25) is 0 Å². The first-order valence-corrected chi connectivity index (χ1v) is 14.5. The predicted octanol–water partition coefficient (Wildman–Crippen LogP) is 7.70. The van der Waals surface area contributed by atoms with E-state index in [0.29, 0.717) is 30.5 Å². The Hall–Kier alpha value is -3.23. The lowest BCUT2D eigenvalue weighted by atomic mass is 9.87. The maximum atomic E-state index is 12.1. The highest BCUT2D eigenvalue weighted by Crippen LogP contribution is 2.40. The molecule has 1 fully saturated rings. The highest BCUT2D eigenvalue weighted by atomic mass is 16.5. The van der Waals surface area contributed by atoms with Gasteiger partial charge in [-0.05, 0) is 105 Å². The molecule has 0 atom stereocenters. The van der Waals surface area contributed by atoms with E-state index in [0.717, 1.165) is 80.9 Å². The average Bonchev–Trinajstić information content (AvgIpc) is 3.34. The number of aromatic amines is 1. The van der Waals surface area contributed by atoms with Crippen molar-refractivity contribution in [3.63, 3.8) is 0 Å². The van der Waals surface area contributed by atoms with Crippen molar-refractivity contribution >= 4 is 16.7 Å². The minimum absolute atomic E-state index is 0.374. The number of methoxy groups -OCH3 is 2. The number of likely N-dealkylation sites (tertiary alicyclic amines) is 1. The molecule has 39 heavy (non-hydrogen) atoms. The molecule has 2 aromatic carbocycles. The molecule has 5 nitrogen and oxygen atoms in total. The predicted molar refractivity (Wildman–Crippen MR) is 161 cm³/mol. The van der Waals surface area contributed by atoms with Gasteiger partial charge in [0.15, 0.2) is 11.5 Å². The van der Waals surface area contributed by atoms with Gasteiger partial charge < -0.3 is 19.4 Å². The summed E-state index contributed by atoms with van der Waals surface area (Å²) in [5.74, 6) is 5.45. The molecule has 208 valence electrons. The Balaban J connectivity index is 1.40. The summed E-state index contributed by atoms with van der Waals surface area (Å²) in [6.45, 7) is 7.74. The fourth-order valence-corrected chi connectivity index (χ4v) is 5.97. The van der Waals surface area contributed by atoms with Crippen LogP contribution in [0.1, 0.15) is 88.2 Å². The molecule has 0 spiro atoms. The van der Waals surface area contributed by atoms with Gasteiger partial charge in [0.2, 0.25) is 0 Å². The van der Waals surface area contributed by atoms with Crippen molar-refractivity contribution in [1.29, 1.82) is 0 Å². The Labute approximate surface area is 234 Å². The van der Waals surface area contributed by atoms with Crippen LogP contribution in [0.4, 0.5) is 0 Å². The van der Waals surface area contributed by atoms with E-state index in [1.54, 1.807) is 14.2 Å². The van der Waals surface area contributed by atoms with Crippen LogP contribution >= 0.6 is 0 Å². The second-order valence-electron chi connectivity index (χ2n) is 11.1. The summed E-state index contributed by atoms with van der Waals surface area (Å²) in [4.78, 5) is 18.4. The lowest BCUT2D eigenvalue weighted by molar-refractivity contribution is -0.119. The molecule has 0 saturated carbocycles. The first-order chi connectivity index (χ1) is 18.9. The van der Waals surface area contributed by atoms with Crippen LogP contribution in [0.15, 0.2) is 36.4 Å². The largest absolute Gasteiger partial charge is 0.493 e. The van der Waals surface area contributed by atoms with Gasteiger partial charge in [0.1, 0.15) is 5.78 Å². The van der Waals surface area contributed by atoms with Crippen molar-refractivity contribution in [2.24, 2.45) is 0 Å². The number of carbonyl (C=O) groups is 1. The molecule has 0 bridgehead atoms. The van der Waals surface area contributed by atoms with Crippen molar-refractivity contribution in [3.8, 4) is 35.1 Å². The molecule has 3 aromatic rings. The summed E-state index contributed by atoms with van der Waals surface area (Å²) in [6.07, 6.45) is 12.6. The number of piperidine rings is 1. The normalized spacial score (nSPS) is 14.6. The summed E-state index contributed by atoms with van der Waals surface area (Å²) in [7, 11) is 3.34. The molecule has 0 radical (unpaired) electrons. The number of Topliss-reactive ketones (excluding diaryl/α,β-unsaturated/α-hetero) is 1. The Morgan fingerprint density at radius 3 is 2.46 bits per heavy atom. The van der Waals surface area contributed by atoms with E-state index in [2.05, 4.69) is 60.0 Å². The second kappa shape index (κ2) is 13.7. The van der Waals surface area contributed by atoms with E-state index >= 15 is 0 Å². The van der Waals surface area contributed by atoms with E-state index in [9.17, 15) is 4.79 Å². The molecular formula is C34H44N2O3. The molecule has 1 aromatic heterocycles. The number of ether oxygens (including phenoxy) is 2. The zero-order valence-corrected chi connectivity index (χ0v) is 24.1. The number of benzene rings is 2. The summed E-state index contributed by atoms with van der Waals surface area (Å²) in [6, 6.07) is 13.1. The maximum Gasteiger partial charge on any atom is 0.161 e. The molecule has 4 rings (SSSR count). The van der Waals surface area contributed by atoms with Crippen LogP contribution in [0.5, 0.6) is 11.5 Å². The molecule has 2 heterocycles. The molecule has 0 amide bonds. The number of terminal acetylenes is 1. The number of unbranched alkanes of at least 4 members (excludes halogenated alkanes) is 2. The molecule has 1 aliphatic rings. The topological polar surface area (TPSA) is 54.6 Å². The number of rotatable bonds is 13. The van der Waals surface area contributed by atoms with Gasteiger partial charge in [-0.1, -0.05) is 19.9 Å². The van der Waals surface area contributed by atoms with Crippen molar-refractivity contribution in [1.82, 2.24) is 9.88 Å². The van der Waals surface area contributed by atoms with Gasteiger partial charge in [0.25, 0.3) is 0 Å². The van der Waals surface area contributed by atoms with E-state index in [1.165, 1.54) is 22.0 Å². The van der Waals surface area contributed by atoms with Crippen LogP contribution in [0, 0.1) is 12.3 Å². The number of H-pyrrole nitrogens is 1. The van der Waals surface area contributed by atoms with Gasteiger partial charge in [-0.25, -0.2) is 0 Å². The number of nitrogens with zero attached hydrogens (tertiary/aromatic N) is 1. The summed E-state index contributed by atoms with van der Waals surface area (Å²) >= 11 is 0. The molecule has 1 aliphatic heterocycles. The summed E-state index contributed by atoms with van der Waals surface area (Å²) in [5.41, 5.74) is 6.21. The highest BCUT2D eigenvalue weighted by molar-refractivity contribution is 5.92. The van der Waals surface area contributed by atoms with Gasteiger partial charge in [0, 0.05) is 35.7 Å². The molecule has 1 saturated heterocycles. The SMILES string of the molecule is C#CCCCCC(=O)CCCN1CCC(c2ccc3[nH]c(-c4ccc(OC)c(OC)c4)c(C(C)C)c3c2)CC1. The van der Waals surface area contributed by atoms with Crippen LogP contribution in [-0.2, 0) is 4.79 Å². The van der Waals surface area contributed by atoms with Crippen LogP contribution < -0.4 is 9.47 Å². The van der Waals surface area contributed by atoms with Crippen molar-refractivity contribution < 1.29 is 14.3 Å². The molecule has 5 heteroatoms. The first-order valence-electron chi connectivity index (χ1n) is 14.5. The van der Waals surface area contributed by atoms with Gasteiger partial charge in [-0.15, -0.1) is 12.3 Å². The van der Waals surface area contributed by atoms with Crippen LogP contribution in [0.25, 0.3) is 22.2 Å². The Bertz CT molecular complexity index is 1290. The second-order valence-corrected chi connectivity index (χ2v) is 11.1. The monoisotopic (exact) mass is 528 g/mol. The first kappa shape index (κ1) is 28.8. The Morgan fingerprint density at radius 1 is 1.03 bits per heavy atom. The van der Waals surface area contributed by atoms with Crippen molar-refractivity contribution in [2.75, 3.05) is 33.9 Å². The zero-order chi connectivity index (χ0) is 27.8. The number of hydrogen-bond donors (Lipinski definition) is 1. The smallest absolute Gasteiger partial charge is 0.161 e. The third-order valence-corrected chi connectivity index (χ3v) is 8.13. The number of nitrogens with one attached hydrogen (secondary N) is 1. The molecule has 1 N–H and O–H groups in total. The standard InChI is InChI=1S/C34H44N2O3/c1-6-7-8-9-11-28(37)12-10-19-36-20-17-25(18-21-36)26-13-15-30-29(22-26)33(24(2)3)34(35-30)27-14-16-31(38-4)32(23-27)39-5/h1,13-16,22-25,35H,7-12,17-21H2,2-5H3. The van der Waals surface area contributed by atoms with Gasteiger partial charge in [-0.3, -0.25) is 4.79 Å². The van der Waals surface area contributed by atoms with Crippen LogP contribution in [0.3, 0.4) is 0 Å². The third kappa shape index (κ3) is 7.05. The quantitative estimate of drug-likeness (QED) is 0.182. The average molecular weight is 529 g/mol. The van der Waals surface area contributed by atoms with Gasteiger partial charge >= 0.3 is 0 Å². The van der Waals surface area contributed by atoms with E-state index in [1.807, 2.05) is 6.07 Å². The molecular weight excluding hydrogens is 484 g/mol. The van der Waals surface area contributed by atoms with E-state index in [-0.39, 0.29) is 0 Å². The summed E-state index contributed by atoms with van der Waals surface area (Å²) < 4.78 is 11.0. The molecule has 0 unspecified atom stereocenters. The minimum Gasteiger partial charge on any atom is -0.493 e. The Kier molecular flexibility index (Phi) is 10.1. The van der Waals surface area contributed by atoms with Gasteiger partial charge in [-0.2, -0.15) is 0 Å². The number of hydrogen-bond acceptors (Lipinski definition) is 4. The lowest BCUT2D eigenvalue weighted by Crippen LogP contribution is -2.33. The van der Waals surface area contributed by atoms with Crippen LogP contribution in [-0.4, -0.2) is 49.5 Å². The van der Waals surface area contributed by atoms with Crippen molar-refractivity contribution in [2.45, 2.75) is 77.0 Å².